The van der Waals surface area contributed by atoms with Crippen LogP contribution in [0.1, 0.15) is 48.7 Å². The fourth-order valence-corrected chi connectivity index (χ4v) is 15.9. The van der Waals surface area contributed by atoms with E-state index in [4.69, 9.17) is 19.9 Å². The molecule has 0 spiro atoms. The molecule has 0 bridgehead atoms. The van der Waals surface area contributed by atoms with Crippen molar-refractivity contribution in [3.8, 4) is 6.07 Å². The molecule has 0 aliphatic rings. The molecule has 34 heteroatoms. The first-order valence-corrected chi connectivity index (χ1v) is 40.4. The Morgan fingerprint density at radius 3 is 1.39 bits per heavy atom. The summed E-state index contributed by atoms with van der Waals surface area (Å²) in [5.41, 5.74) is 9.51. The zero-order valence-corrected chi connectivity index (χ0v) is 58.5. The van der Waals surface area contributed by atoms with Crippen molar-refractivity contribution in [3.63, 3.8) is 0 Å². The number of carbonyl (C=O) groups excluding carboxylic acids is 1. The predicted octanol–water partition coefficient (Wildman–Crippen LogP) is 9.70. The molecule has 0 saturated carbocycles. The molecule has 4 N–H and O–H groups in total. The second-order valence-corrected chi connectivity index (χ2v) is 39.8. The molecule has 3 aromatic carbocycles. The molecular weight excluding hydrogens is 1350 g/mol. The molecule has 504 valence electrons. The van der Waals surface area contributed by atoms with Crippen molar-refractivity contribution in [1.82, 2.24) is 93.2 Å². The van der Waals surface area contributed by atoms with E-state index in [2.05, 4.69) is 96.0 Å². The molecule has 12 aromatic heterocycles. The van der Waals surface area contributed by atoms with Crippen LogP contribution in [0.3, 0.4) is 0 Å². The lowest BCUT2D eigenvalue weighted by Crippen LogP contribution is -2.24. The first kappa shape index (κ1) is 67.7. The highest BCUT2D eigenvalue weighted by Crippen LogP contribution is 2.34. The van der Waals surface area contributed by atoms with Crippen LogP contribution in [0.15, 0.2) is 106 Å². The summed E-state index contributed by atoms with van der Waals surface area (Å²) < 4.78 is 26.9. The number of hydrogen-bond acceptors (Lipinski definition) is 21. The quantitative estimate of drug-likeness (QED) is 0.0268. The smallest absolute Gasteiger partial charge is 0.365 e. The lowest BCUT2D eigenvalue weighted by Gasteiger charge is -2.15. The third-order valence-electron chi connectivity index (χ3n) is 16.7. The molecule has 15 rings (SSSR count). The third kappa shape index (κ3) is 12.9. The highest BCUT2D eigenvalue weighted by Gasteiger charge is 2.25. The number of hydroxylamine groups is 1. The number of hydrogen-bond donors (Lipinski definition) is 4. The second kappa shape index (κ2) is 27.0. The highest BCUT2D eigenvalue weighted by atomic mass is 32.1. The molecule has 0 aliphatic heterocycles. The van der Waals surface area contributed by atoms with Gasteiger partial charge in [0.05, 0.1) is 87.5 Å². The first-order valence-electron chi connectivity index (χ1n) is 30.5. The van der Waals surface area contributed by atoms with Gasteiger partial charge in [-0.15, -0.1) is 34.0 Å². The fourth-order valence-electron chi connectivity index (χ4n) is 11.5. The van der Waals surface area contributed by atoms with Crippen LogP contribution in [-0.2, 0) is 63.7 Å². The van der Waals surface area contributed by atoms with Crippen LogP contribution in [0.2, 0.25) is 51.4 Å². The molecule has 0 aliphatic carbocycles. The van der Waals surface area contributed by atoms with Crippen LogP contribution < -0.4 is 22.2 Å². The van der Waals surface area contributed by atoms with Crippen molar-refractivity contribution in [2.75, 3.05) is 13.2 Å². The van der Waals surface area contributed by atoms with Crippen LogP contribution >= 0.6 is 34.0 Å². The molecule has 15 aromatic rings. The Labute approximate surface area is 569 Å². The lowest BCUT2D eigenvalue weighted by atomic mass is 10.1. The maximum atomic E-state index is 13.3. The van der Waals surface area contributed by atoms with Gasteiger partial charge in [0.2, 0.25) is 5.01 Å². The second-order valence-electron chi connectivity index (χ2n) is 25.6. The summed E-state index contributed by atoms with van der Waals surface area (Å²) in [4.78, 5) is 75.4. The van der Waals surface area contributed by atoms with Crippen LogP contribution in [0.4, 0.5) is 0 Å². The van der Waals surface area contributed by atoms with Gasteiger partial charge in [0.25, 0.3) is 16.7 Å². The Morgan fingerprint density at radius 1 is 0.551 bits per heavy atom. The Hall–Kier alpha value is -10.3. The molecule has 29 nitrogen and oxygen atoms in total. The minimum Gasteiger partial charge on any atom is -0.476 e. The number of aryl methyl sites for hydroxylation is 3. The normalized spacial score (nSPS) is 12.0. The lowest BCUT2D eigenvalue weighted by molar-refractivity contribution is 0.0693. The first-order chi connectivity index (χ1) is 46.5. The number of benzene rings is 3. The Balaban J connectivity index is 0.000000140. The maximum Gasteiger partial charge on any atom is 0.365 e. The molecule has 0 atom stereocenters. The van der Waals surface area contributed by atoms with Crippen molar-refractivity contribution >= 4 is 158 Å². The monoisotopic (exact) mass is 1410 g/mol. The van der Waals surface area contributed by atoms with Crippen LogP contribution in [0.5, 0.6) is 0 Å². The van der Waals surface area contributed by atoms with Crippen molar-refractivity contribution in [1.29, 1.82) is 5.26 Å². The number of nitrogens with one attached hydrogen (secondary N) is 2. The number of aromatic nitrogens is 18. The number of fused-ring (bicyclic) bond motifs is 12. The number of thiazole rings is 3. The Kier molecular flexibility index (Phi) is 18.6. The van der Waals surface area contributed by atoms with Gasteiger partial charge < -0.3 is 28.3 Å². The minimum atomic E-state index is -1.15. The Morgan fingerprint density at radius 2 is 0.949 bits per heavy atom. The minimum absolute atomic E-state index is 0. The number of aromatic amines is 1. The van der Waals surface area contributed by atoms with E-state index in [-0.39, 0.29) is 40.7 Å². The van der Waals surface area contributed by atoms with Gasteiger partial charge in [-0.05, 0) is 47.0 Å². The highest BCUT2D eigenvalue weighted by molar-refractivity contribution is 7.21. The number of nitrogens with zero attached hydrogens (tertiary/aromatic N) is 18. The Bertz CT molecular complexity index is 5840. The molecule has 0 saturated heterocycles. The van der Waals surface area contributed by atoms with Gasteiger partial charge in [-0.25, -0.2) is 48.6 Å². The summed E-state index contributed by atoms with van der Waals surface area (Å²) >= 11 is 3.42. The number of rotatable bonds is 18. The van der Waals surface area contributed by atoms with E-state index in [0.717, 1.165) is 101 Å². The molecule has 0 radical (unpaired) electrons. The summed E-state index contributed by atoms with van der Waals surface area (Å²) in [5.74, 6) is -1.78. The summed E-state index contributed by atoms with van der Waals surface area (Å²) in [6, 6.07) is 21.9. The number of carboxylic acid groups (broad SMARTS) is 1. The van der Waals surface area contributed by atoms with Crippen LogP contribution in [0, 0.1) is 11.3 Å². The molecule has 98 heavy (non-hydrogen) atoms. The molecule has 0 fully saturated rings. The molecular formula is C64H68N20O9S3Si2. The van der Waals surface area contributed by atoms with Gasteiger partial charge in [-0.2, -0.15) is 35.9 Å². The number of carboxylic acids is 1. The van der Waals surface area contributed by atoms with Crippen molar-refractivity contribution in [3.05, 3.63) is 155 Å². The zero-order valence-electron chi connectivity index (χ0n) is 54.1. The number of amides is 1. The maximum absolute atomic E-state index is 13.3. The van der Waals surface area contributed by atoms with Gasteiger partial charge in [0.1, 0.15) is 36.1 Å². The summed E-state index contributed by atoms with van der Waals surface area (Å²) in [5, 5.41) is 61.6. The fraction of sp³-hybridized carbons (Fsp3) is 0.297. The number of aromatic carboxylic acids is 1. The van der Waals surface area contributed by atoms with Crippen LogP contribution in [0.25, 0.3) is 96.5 Å². The third-order valence-corrected chi connectivity index (χ3v) is 23.2. The number of nitriles is 1. The van der Waals surface area contributed by atoms with E-state index in [1.807, 2.05) is 70.2 Å². The van der Waals surface area contributed by atoms with E-state index in [1.165, 1.54) is 25.4 Å². The van der Waals surface area contributed by atoms with Crippen molar-refractivity contribution < 1.29 is 29.4 Å². The van der Waals surface area contributed by atoms with Crippen molar-refractivity contribution in [2.24, 2.45) is 21.1 Å². The SMILES string of the molecule is C.Cn1c2nc(C#N)sc2c2cnn(Cc3cccc4c3cnn4COCC[Si](C)(C)C)c(=O)c21.Cn1c2nc(C(=O)NO)sc2c2cnn(Cc3cccc4[nH]ncc34)c(=O)c21.Cn1c2nc(C(=O)O)sc2c2cnn(Cc3cccc4c3cnn4COCC[Si](C)(C)C)c(=O)c21. The molecule has 1 amide bonds. The van der Waals surface area contributed by atoms with Crippen LogP contribution in [-0.4, -0.2) is 139 Å². The van der Waals surface area contributed by atoms with E-state index >= 15 is 0 Å². The van der Waals surface area contributed by atoms with Gasteiger partial charge in [0, 0.05) is 82.8 Å². The van der Waals surface area contributed by atoms with E-state index in [1.54, 1.807) is 71.3 Å². The van der Waals surface area contributed by atoms with Crippen molar-refractivity contribution in [2.45, 2.75) is 91.9 Å². The summed E-state index contributed by atoms with van der Waals surface area (Å²) in [7, 11) is 2.94. The average molecular weight is 1410 g/mol. The summed E-state index contributed by atoms with van der Waals surface area (Å²) in [6.07, 6.45) is 10.2. The summed E-state index contributed by atoms with van der Waals surface area (Å²) in [6.45, 7) is 17.1. The van der Waals surface area contributed by atoms with E-state index < -0.39 is 28.0 Å². The van der Waals surface area contributed by atoms with Gasteiger partial charge in [-0.3, -0.25) is 29.5 Å². The average Bonchev–Trinajstić information content (AvgIpc) is 1.60. The topological polar surface area (TPSA) is 351 Å². The van der Waals surface area contributed by atoms with E-state index in [0.29, 0.717) is 91.8 Å². The number of ether oxygens (including phenoxy) is 2. The van der Waals surface area contributed by atoms with E-state index in [9.17, 15) is 29.1 Å². The zero-order chi connectivity index (χ0) is 68.4. The van der Waals surface area contributed by atoms with Gasteiger partial charge >= 0.3 is 11.9 Å². The number of carbonyl (C=O) groups is 2. The molecule has 0 unspecified atom stereocenters. The number of H-pyrrole nitrogens is 1. The predicted molar refractivity (Wildman–Crippen MR) is 383 cm³/mol. The van der Waals surface area contributed by atoms with Gasteiger partial charge in [-0.1, -0.05) is 83.1 Å². The standard InChI is InChI=1S/C23H25N7O2SSi.C23H26N6O4SSi.C17H13N7O3S.CH4/c1-28-20-17(21-22(28)27-19(10-24)33-21)12-25-29(23(20)31)13-15-6-5-7-18-16(15)11-26-30(18)14-32-8-9-34(2,3)4;1-27-18-16(19-20(27)26-21(34-19)23(31)32)11-24-28(22(18)30)12-14-6-5-7-17-15(14)10-25-29(17)13-33-8-9-35(2,3)4;1-23-12-10(13-14(23)20-16(28-13)15(25)22-27)6-19-24(17(12)26)7-8-3-2-4-11-9(8)5-18-21-11;/h5-7,11-12H,8-9,13-14H2,1-4H3;5-7,10-11H,8-9,12-13H2,1-4H3,(H,31,32);2-6,27H,7H2,1H3,(H,18,21)(H,22,25);1H4. The molecule has 12 heterocycles. The largest absolute Gasteiger partial charge is 0.476 e. The van der Waals surface area contributed by atoms with Gasteiger partial charge in [0.15, 0.2) is 27.0 Å².